The highest BCUT2D eigenvalue weighted by Crippen LogP contribution is 2.49. The van der Waals surface area contributed by atoms with Gasteiger partial charge in [0.1, 0.15) is 0 Å². The SMILES string of the molecule is CN(C(=O)CC1CC2CCC1C2)C1CCCCC1Br. The predicted molar refractivity (Wildman–Crippen MR) is 81.3 cm³/mol. The number of halogens is 1. The number of amides is 1. The van der Waals surface area contributed by atoms with Crippen molar-refractivity contribution in [1.82, 2.24) is 4.90 Å². The van der Waals surface area contributed by atoms with Crippen molar-refractivity contribution in [2.24, 2.45) is 17.8 Å². The second kappa shape index (κ2) is 5.75. The van der Waals surface area contributed by atoms with Crippen LogP contribution in [0.1, 0.15) is 57.8 Å². The molecule has 0 heterocycles. The van der Waals surface area contributed by atoms with Crippen LogP contribution in [0.25, 0.3) is 0 Å². The number of hydrogen-bond donors (Lipinski definition) is 0. The molecule has 3 saturated carbocycles. The Bertz CT molecular complexity index is 346. The molecule has 0 aromatic carbocycles. The van der Waals surface area contributed by atoms with E-state index in [2.05, 4.69) is 20.8 Å². The Balaban J connectivity index is 1.54. The second-order valence-corrected chi connectivity index (χ2v) is 8.19. The first-order chi connectivity index (χ1) is 9.15. The smallest absolute Gasteiger partial charge is 0.222 e. The lowest BCUT2D eigenvalue weighted by molar-refractivity contribution is -0.133. The summed E-state index contributed by atoms with van der Waals surface area (Å²) in [7, 11) is 2.03. The molecule has 2 nitrogen and oxygen atoms in total. The van der Waals surface area contributed by atoms with Gasteiger partial charge in [0.25, 0.3) is 0 Å². The lowest BCUT2D eigenvalue weighted by Crippen LogP contribution is -2.44. The fraction of sp³-hybridized carbons (Fsp3) is 0.938. The normalized spacial score (nSPS) is 41.5. The molecule has 0 N–H and O–H groups in total. The van der Waals surface area contributed by atoms with Gasteiger partial charge in [-0.25, -0.2) is 0 Å². The van der Waals surface area contributed by atoms with Crippen LogP contribution in [0.5, 0.6) is 0 Å². The average molecular weight is 328 g/mol. The van der Waals surface area contributed by atoms with Gasteiger partial charge in [0.05, 0.1) is 0 Å². The van der Waals surface area contributed by atoms with E-state index in [-0.39, 0.29) is 0 Å². The molecule has 3 rings (SSSR count). The summed E-state index contributed by atoms with van der Waals surface area (Å²) in [6.07, 6.45) is 11.3. The van der Waals surface area contributed by atoms with Crippen molar-refractivity contribution in [3.63, 3.8) is 0 Å². The van der Waals surface area contributed by atoms with Gasteiger partial charge in [0.15, 0.2) is 0 Å². The molecule has 0 saturated heterocycles. The van der Waals surface area contributed by atoms with E-state index in [1.54, 1.807) is 0 Å². The Morgan fingerprint density at radius 3 is 2.58 bits per heavy atom. The van der Waals surface area contributed by atoms with Gasteiger partial charge in [0, 0.05) is 24.3 Å². The molecular formula is C16H26BrNO. The molecule has 0 aromatic heterocycles. The number of rotatable bonds is 3. The minimum absolute atomic E-state index is 0.397. The molecule has 0 aromatic rings. The van der Waals surface area contributed by atoms with Crippen LogP contribution in [-0.2, 0) is 4.79 Å². The molecule has 108 valence electrons. The predicted octanol–water partition coefficient (Wildman–Crippen LogP) is 3.98. The Hall–Kier alpha value is -0.0500. The monoisotopic (exact) mass is 327 g/mol. The summed E-state index contributed by atoms with van der Waals surface area (Å²) in [5.41, 5.74) is 0. The van der Waals surface area contributed by atoms with Crippen LogP contribution in [0.15, 0.2) is 0 Å². The number of nitrogens with zero attached hydrogens (tertiary/aromatic N) is 1. The van der Waals surface area contributed by atoms with Gasteiger partial charge >= 0.3 is 0 Å². The fourth-order valence-electron chi connectivity index (χ4n) is 4.68. The van der Waals surface area contributed by atoms with Crippen LogP contribution in [0, 0.1) is 17.8 Å². The van der Waals surface area contributed by atoms with Crippen LogP contribution < -0.4 is 0 Å². The zero-order valence-electron chi connectivity index (χ0n) is 12.0. The number of hydrogen-bond acceptors (Lipinski definition) is 1. The molecule has 1 amide bonds. The summed E-state index contributed by atoms with van der Waals surface area (Å²) in [6, 6.07) is 0.430. The largest absolute Gasteiger partial charge is 0.342 e. The lowest BCUT2D eigenvalue weighted by atomic mass is 9.85. The number of alkyl halides is 1. The molecule has 3 aliphatic rings. The number of carbonyl (C=O) groups excluding carboxylic acids is 1. The highest BCUT2D eigenvalue weighted by Gasteiger charge is 2.41. The zero-order chi connectivity index (χ0) is 13.4. The van der Waals surface area contributed by atoms with Crippen molar-refractivity contribution in [1.29, 1.82) is 0 Å². The summed E-state index contributed by atoms with van der Waals surface area (Å²) in [6.45, 7) is 0. The van der Waals surface area contributed by atoms with Crippen molar-refractivity contribution in [2.45, 2.75) is 68.7 Å². The van der Waals surface area contributed by atoms with Crippen molar-refractivity contribution < 1.29 is 4.79 Å². The van der Waals surface area contributed by atoms with E-state index in [9.17, 15) is 4.79 Å². The molecule has 3 aliphatic carbocycles. The van der Waals surface area contributed by atoms with E-state index in [0.29, 0.717) is 22.7 Å². The summed E-state index contributed by atoms with van der Waals surface area (Å²) >= 11 is 3.78. The lowest BCUT2D eigenvalue weighted by Gasteiger charge is -2.36. The van der Waals surface area contributed by atoms with Crippen molar-refractivity contribution >= 4 is 21.8 Å². The average Bonchev–Trinajstić information content (AvgIpc) is 3.00. The van der Waals surface area contributed by atoms with Crippen LogP contribution >= 0.6 is 15.9 Å². The van der Waals surface area contributed by atoms with E-state index in [4.69, 9.17) is 0 Å². The van der Waals surface area contributed by atoms with Gasteiger partial charge < -0.3 is 4.90 Å². The van der Waals surface area contributed by atoms with Crippen LogP contribution in [-0.4, -0.2) is 28.7 Å². The molecule has 0 radical (unpaired) electrons. The van der Waals surface area contributed by atoms with Gasteiger partial charge in [-0.3, -0.25) is 4.79 Å². The second-order valence-electron chi connectivity index (χ2n) is 7.01. The third-order valence-electron chi connectivity index (χ3n) is 5.86. The van der Waals surface area contributed by atoms with E-state index in [1.807, 2.05) is 7.05 Å². The molecule has 19 heavy (non-hydrogen) atoms. The Kier molecular flexibility index (Phi) is 4.21. The van der Waals surface area contributed by atoms with E-state index >= 15 is 0 Å². The topological polar surface area (TPSA) is 20.3 Å². The molecule has 2 bridgehead atoms. The summed E-state index contributed by atoms with van der Waals surface area (Å²) in [5.74, 6) is 2.92. The zero-order valence-corrected chi connectivity index (χ0v) is 13.6. The quantitative estimate of drug-likeness (QED) is 0.718. The molecule has 0 spiro atoms. The third kappa shape index (κ3) is 2.86. The third-order valence-corrected chi connectivity index (χ3v) is 6.93. The maximum atomic E-state index is 12.5. The fourth-order valence-corrected chi connectivity index (χ4v) is 5.62. The first-order valence-electron chi connectivity index (χ1n) is 8.05. The van der Waals surface area contributed by atoms with Gasteiger partial charge in [0.2, 0.25) is 5.91 Å². The first kappa shape index (κ1) is 13.9. The first-order valence-corrected chi connectivity index (χ1v) is 8.96. The standard InChI is InChI=1S/C16H26BrNO/c1-18(15-5-3-2-4-14(15)17)16(19)10-13-9-11-6-7-12(13)8-11/h11-15H,2-10H2,1H3. The van der Waals surface area contributed by atoms with Crippen LogP contribution in [0.4, 0.5) is 0 Å². The summed E-state index contributed by atoms with van der Waals surface area (Å²) in [4.78, 5) is 15.1. The molecule has 3 heteroatoms. The molecule has 3 fully saturated rings. The van der Waals surface area contributed by atoms with Gasteiger partial charge in [-0.1, -0.05) is 35.2 Å². The van der Waals surface area contributed by atoms with Gasteiger partial charge in [-0.15, -0.1) is 0 Å². The maximum absolute atomic E-state index is 12.5. The summed E-state index contributed by atoms with van der Waals surface area (Å²) < 4.78 is 0. The Labute approximate surface area is 125 Å². The van der Waals surface area contributed by atoms with Gasteiger partial charge in [-0.05, 0) is 49.9 Å². The molecule has 5 atom stereocenters. The van der Waals surface area contributed by atoms with E-state index in [1.165, 1.54) is 51.4 Å². The Morgan fingerprint density at radius 2 is 1.95 bits per heavy atom. The minimum Gasteiger partial charge on any atom is -0.342 e. The van der Waals surface area contributed by atoms with Crippen LogP contribution in [0.3, 0.4) is 0 Å². The highest BCUT2D eigenvalue weighted by molar-refractivity contribution is 9.09. The number of carbonyl (C=O) groups is 1. The van der Waals surface area contributed by atoms with Crippen molar-refractivity contribution in [3.8, 4) is 0 Å². The minimum atomic E-state index is 0.397. The molecular weight excluding hydrogens is 302 g/mol. The van der Waals surface area contributed by atoms with E-state index < -0.39 is 0 Å². The summed E-state index contributed by atoms with van der Waals surface area (Å²) in [5, 5.41) is 0. The van der Waals surface area contributed by atoms with Crippen LogP contribution in [0.2, 0.25) is 0 Å². The van der Waals surface area contributed by atoms with Crippen molar-refractivity contribution in [3.05, 3.63) is 0 Å². The molecule has 5 unspecified atom stereocenters. The van der Waals surface area contributed by atoms with E-state index in [0.717, 1.165) is 18.3 Å². The van der Waals surface area contributed by atoms with Crippen molar-refractivity contribution in [2.75, 3.05) is 7.05 Å². The van der Waals surface area contributed by atoms with Gasteiger partial charge in [-0.2, -0.15) is 0 Å². The molecule has 0 aliphatic heterocycles. The number of fused-ring (bicyclic) bond motifs is 2. The Morgan fingerprint density at radius 1 is 1.16 bits per heavy atom. The maximum Gasteiger partial charge on any atom is 0.222 e. The highest BCUT2D eigenvalue weighted by atomic mass is 79.9.